The molecule has 70 heavy (non-hydrogen) atoms. The summed E-state index contributed by atoms with van der Waals surface area (Å²) in [6.07, 6.45) is 0. The minimum Gasteiger partial charge on any atom is -0.0948 e. The monoisotopic (exact) mass is 2330 g/mol. The van der Waals surface area contributed by atoms with Gasteiger partial charge in [0.15, 0.2) is 0 Å². The lowest BCUT2D eigenvalue weighted by atomic mass is 29.7. The summed E-state index contributed by atoms with van der Waals surface area (Å²) in [7, 11) is -1.44. The Kier molecular flexibility index (Phi) is 35.7. The Labute approximate surface area is 636 Å². The summed E-state index contributed by atoms with van der Waals surface area (Å²) < 4.78 is -2.71. The molecule has 0 rings (SSSR count). The molecule has 1 unspecified atom stereocenters. The highest BCUT2D eigenvalue weighted by atomic mass is 127. The van der Waals surface area contributed by atoms with Gasteiger partial charge in [0.1, 0.15) is 0 Å². The molecule has 0 heterocycles. The van der Waals surface area contributed by atoms with Crippen LogP contribution in [0, 0.1) is 0 Å². The van der Waals surface area contributed by atoms with Crippen molar-refractivity contribution < 1.29 is 0 Å². The fourth-order valence-corrected chi connectivity index (χ4v) is 522. The van der Waals surface area contributed by atoms with E-state index in [1.54, 1.807) is 21.2 Å². The molecule has 0 aliphatic carbocycles. The Hall–Kier alpha value is 19.0. The predicted molar refractivity (Wildman–Crippen MR) is 524 cm³/mol. The molecular formula is HIS69. The Morgan fingerprint density at radius 3 is 0.357 bits per heavy atom. The van der Waals surface area contributed by atoms with Gasteiger partial charge in [0, 0.05) is 141 Å². The van der Waals surface area contributed by atoms with Crippen molar-refractivity contribution in [1.82, 2.24) is 0 Å². The Morgan fingerprint density at radius 2 is 0.271 bits per heavy atom. The second-order valence-corrected chi connectivity index (χ2v) is 254. The summed E-state index contributed by atoms with van der Waals surface area (Å²) in [4.78, 5) is 0. The van der Waals surface area contributed by atoms with Gasteiger partial charge in [-0.25, -0.2) is 0 Å². The summed E-state index contributed by atoms with van der Waals surface area (Å²) in [6.45, 7) is 0. The van der Waals surface area contributed by atoms with E-state index in [0.717, 1.165) is 0 Å². The standard InChI is InChI=1S/HIS69/c1-49(4,5)51(8,9)53(12,13)55(16,17)57(20,21)59(24,25)61(28,29)63(32,33)65(36,37)67(40,41)69(44,45)70(46,47)68(42,43)66(38,39)64(34,35)62(30,31)60(26,27)58(22,23)56(18,19)54(14,15)52(10,11)50(6,7)48(2)3/h(H,2,3). The second kappa shape index (κ2) is 28.1. The highest BCUT2D eigenvalue weighted by Crippen LogP contribution is 2.44. The van der Waals surface area contributed by atoms with Gasteiger partial charge in [-0.2, -0.15) is 0 Å². The van der Waals surface area contributed by atoms with Crippen molar-refractivity contribution in [2.24, 2.45) is 0 Å². The molecule has 0 saturated carbocycles. The van der Waals surface area contributed by atoms with Gasteiger partial charge in [-0.15, -0.1) is 0 Å². The molecule has 0 bridgehead atoms. The summed E-state index contributed by atoms with van der Waals surface area (Å²) in [5, 5.41) is -78.5. The zero-order chi connectivity index (χ0) is 58.6. The van der Waals surface area contributed by atoms with Crippen LogP contribution >= 0.6 is 32.9 Å². The van der Waals surface area contributed by atoms with Crippen molar-refractivity contribution in [2.45, 2.75) is 0 Å². The normalized spacial score (nSPS) is 17.2. The van der Waals surface area contributed by atoms with Crippen molar-refractivity contribution in [2.75, 3.05) is 0 Å². The molecule has 422 valence electrons. The smallest absolute Gasteiger partial charge is 0.0451 e. The minimum absolute atomic E-state index is 1.44. The SMILES string of the molecule is S=S(S)S(=S)(=S)S(=S)(=S)S(=S)(=S)S(=S)(=S)S(=S)(=S)S(=S)(=S)S(=S)(=S)S(=S)(=S)S(=S)(=S)S(=S)(=S)S(=S)(=S)S(=S)(=S)S(=S)(=S)S(=S)(=S)S(=S)(=S)S(=S)(=S)S(=S)(=S)S(=S)(=S)S(=S)(=S)S(=S)(=S)S(=S)(=S)S(=S)(=S)I. The van der Waals surface area contributed by atoms with Crippen LogP contribution in [0.5, 0.6) is 0 Å². The van der Waals surface area contributed by atoms with E-state index in [2.05, 4.69) is 11.7 Å². The lowest BCUT2D eigenvalue weighted by Crippen LogP contribution is -2.40. The number of rotatable bonds is 22. The van der Waals surface area contributed by atoms with Gasteiger partial charge in [0.25, 0.3) is 0 Å². The molecule has 0 radical (unpaired) electrons. The van der Waals surface area contributed by atoms with E-state index in [4.69, 9.17) is 503 Å². The maximum absolute atomic E-state index is 6.13. The zero-order valence-corrected chi connectivity index (χ0v) is 87.2. The average Bonchev–Trinajstić information content (AvgIpc) is 3.12. The molecule has 0 saturated heterocycles. The molecule has 70 heteroatoms. The van der Waals surface area contributed by atoms with Crippen molar-refractivity contribution >= 4 is 657 Å². The fourth-order valence-electron chi connectivity index (χ4n) is 2.11. The number of halogens is 1. The van der Waals surface area contributed by atoms with Crippen LogP contribution < -0.4 is 0 Å². The third-order valence-electron chi connectivity index (χ3n) is 5.42. The summed E-state index contributed by atoms with van der Waals surface area (Å²) >= 11 is 274. The molecule has 1 atom stereocenters. The molecule has 0 aliphatic rings. The zero-order valence-electron chi connectivity index (χ0n) is 28.6. The molecule has 0 aromatic carbocycles. The topological polar surface area (TPSA) is 0 Å². The van der Waals surface area contributed by atoms with Gasteiger partial charge in [-0.1, -0.05) is 11.7 Å². The van der Waals surface area contributed by atoms with Gasteiger partial charge in [-0.3, -0.25) is 0 Å². The molecular weight excluding hydrogens is 2340 g/mol. The second-order valence-electron chi connectivity index (χ2n) is 9.18. The summed E-state index contributed by atoms with van der Waals surface area (Å²) in [5.41, 5.74) is 0. The Morgan fingerprint density at radius 1 is 0.186 bits per heavy atom. The largest absolute Gasteiger partial charge is 0.0948 e. The van der Waals surface area contributed by atoms with Crippen LogP contribution in [0.3, 0.4) is 0 Å². The molecule has 0 aliphatic heterocycles. The van der Waals surface area contributed by atoms with Crippen molar-refractivity contribution in [3.63, 3.8) is 0 Å². The van der Waals surface area contributed by atoms with Crippen LogP contribution in [-0.4, -0.2) is 0 Å². The van der Waals surface area contributed by atoms with Crippen LogP contribution in [0.1, 0.15) is 0 Å². The first-order valence-corrected chi connectivity index (χ1v) is 105. The van der Waals surface area contributed by atoms with E-state index >= 15 is 0 Å². The van der Waals surface area contributed by atoms with Crippen molar-refractivity contribution in [1.29, 1.82) is 0 Å². The molecule has 0 aromatic rings. The van der Waals surface area contributed by atoms with Gasteiger partial charge in [-0.05, 0) is 503 Å². The maximum Gasteiger partial charge on any atom is 0.0451 e. The molecule has 0 aromatic heterocycles. The van der Waals surface area contributed by atoms with E-state index in [-0.39, 0.29) is 0 Å². The van der Waals surface area contributed by atoms with E-state index in [1.165, 1.54) is 0 Å². The van der Waals surface area contributed by atoms with Crippen LogP contribution in [0.2, 0.25) is 0 Å². The minimum atomic E-state index is -3.99. The van der Waals surface area contributed by atoms with Crippen LogP contribution in [0.25, 0.3) is 0 Å². The predicted octanol–water partition coefficient (Wildman–Crippen LogP) is 1.10. The molecule has 0 N–H and O–H groups in total. The summed E-state index contributed by atoms with van der Waals surface area (Å²) in [5.74, 6) is 0. The number of thiol groups is 1. The van der Waals surface area contributed by atoms with Gasteiger partial charge in [0.05, 0.1) is 0 Å². The first-order valence-electron chi connectivity index (χ1n) is 11.5. The third kappa shape index (κ3) is 14.1. The van der Waals surface area contributed by atoms with Gasteiger partial charge in [0.2, 0.25) is 0 Å². The van der Waals surface area contributed by atoms with E-state index in [9.17, 15) is 0 Å². The van der Waals surface area contributed by atoms with E-state index < -0.39 is 120 Å². The van der Waals surface area contributed by atoms with Crippen LogP contribution in [0.4, 0.5) is 0 Å². The molecule has 0 fully saturated rings. The third-order valence-corrected chi connectivity index (χ3v) is 447. The molecule has 0 amide bonds. The van der Waals surface area contributed by atoms with Gasteiger partial charge < -0.3 is 0 Å². The lowest BCUT2D eigenvalue weighted by molar-refractivity contribution is 4.97. The number of hydrogen-bond donors (Lipinski definition) is 1. The van der Waals surface area contributed by atoms with Crippen LogP contribution in [-0.2, 0) is 624 Å². The van der Waals surface area contributed by atoms with Crippen molar-refractivity contribution in [3.05, 3.63) is 0 Å². The quantitative estimate of drug-likeness (QED) is 0.0713. The summed E-state index contributed by atoms with van der Waals surface area (Å²) in [6, 6.07) is 0. The first-order chi connectivity index (χ1) is 29.2. The van der Waals surface area contributed by atoms with Crippen molar-refractivity contribution in [3.8, 4) is 0 Å². The number of hydrogen-bond acceptors (Lipinski definition) is 45. The first kappa shape index (κ1) is 89.0. The van der Waals surface area contributed by atoms with E-state index in [0.29, 0.717) is 0 Å². The molecule has 0 spiro atoms. The highest BCUT2D eigenvalue weighted by Gasteiger charge is 2.48. The highest BCUT2D eigenvalue weighted by molar-refractivity contribution is 14.2. The van der Waals surface area contributed by atoms with E-state index in [1.807, 2.05) is 0 Å². The van der Waals surface area contributed by atoms with Crippen LogP contribution in [0.15, 0.2) is 0 Å². The maximum atomic E-state index is 6.13. The average molecular weight is 2340 g/mol. The fraction of sp³-hybridized carbons (Fsp3) is 0. The molecule has 0 nitrogen and oxygen atoms in total. The Balaban J connectivity index is 8.61. The van der Waals surface area contributed by atoms with Gasteiger partial charge >= 0.3 is 0 Å². The Bertz CT molecular complexity index is 5070. The lowest BCUT2D eigenvalue weighted by Gasteiger charge is -2.36.